The molecule has 0 radical (unpaired) electrons. The van der Waals surface area contributed by atoms with E-state index in [0.717, 1.165) is 24.3 Å². The predicted octanol–water partition coefficient (Wildman–Crippen LogP) is 3.24. The zero-order chi connectivity index (χ0) is 19.3. The van der Waals surface area contributed by atoms with E-state index in [2.05, 4.69) is 5.32 Å². The Labute approximate surface area is 149 Å². The number of esters is 1. The Kier molecular flexibility index (Phi) is 6.14. The van der Waals surface area contributed by atoms with Crippen LogP contribution in [0.5, 0.6) is 0 Å². The Morgan fingerprint density at radius 2 is 1.69 bits per heavy atom. The van der Waals surface area contributed by atoms with E-state index >= 15 is 0 Å². The highest BCUT2D eigenvalue weighted by molar-refractivity contribution is 7.84. The molecule has 0 aliphatic carbocycles. The van der Waals surface area contributed by atoms with Crippen LogP contribution in [0.1, 0.15) is 15.9 Å². The summed E-state index contributed by atoms with van der Waals surface area (Å²) in [7, 11) is -1.41. The number of rotatable bonds is 5. The van der Waals surface area contributed by atoms with Crippen molar-refractivity contribution in [2.45, 2.75) is 11.1 Å². The van der Waals surface area contributed by atoms with Gasteiger partial charge in [-0.1, -0.05) is 12.1 Å². The van der Waals surface area contributed by atoms with E-state index < -0.39 is 41.0 Å². The Bertz CT molecular complexity index is 835. The molecule has 0 fully saturated rings. The first-order chi connectivity index (χ1) is 12.2. The van der Waals surface area contributed by atoms with Crippen LogP contribution < -0.4 is 5.32 Å². The Balaban J connectivity index is 1.95. The summed E-state index contributed by atoms with van der Waals surface area (Å²) in [6.45, 7) is -0.634. The summed E-state index contributed by atoms with van der Waals surface area (Å²) in [4.78, 5) is 24.1. The lowest BCUT2D eigenvalue weighted by Crippen LogP contribution is -2.21. The van der Waals surface area contributed by atoms with E-state index in [4.69, 9.17) is 4.74 Å². The molecule has 1 atom stereocenters. The molecule has 0 unspecified atom stereocenters. The van der Waals surface area contributed by atoms with Crippen molar-refractivity contribution in [2.75, 3.05) is 18.2 Å². The van der Waals surface area contributed by atoms with Crippen molar-refractivity contribution in [3.8, 4) is 0 Å². The normalized spacial score (nSPS) is 12.3. The molecular weight excluding hydrogens is 371 g/mol. The Morgan fingerprint density at radius 1 is 1.08 bits per heavy atom. The molecule has 1 N–H and O–H groups in total. The van der Waals surface area contributed by atoms with Gasteiger partial charge in [0.15, 0.2) is 6.61 Å². The van der Waals surface area contributed by atoms with Crippen molar-refractivity contribution in [2.24, 2.45) is 0 Å². The molecule has 9 heteroatoms. The second-order valence-corrected chi connectivity index (χ2v) is 6.50. The highest BCUT2D eigenvalue weighted by Crippen LogP contribution is 2.29. The second kappa shape index (κ2) is 8.13. The van der Waals surface area contributed by atoms with Gasteiger partial charge in [0.25, 0.3) is 5.91 Å². The van der Waals surface area contributed by atoms with Crippen LogP contribution in [0.3, 0.4) is 0 Å². The number of nitrogens with one attached hydrogen (secondary N) is 1. The molecule has 26 heavy (non-hydrogen) atoms. The molecule has 0 aliphatic rings. The molecule has 2 rings (SSSR count). The van der Waals surface area contributed by atoms with Crippen molar-refractivity contribution < 1.29 is 31.7 Å². The minimum atomic E-state index is -4.47. The van der Waals surface area contributed by atoms with Crippen LogP contribution in [0.4, 0.5) is 18.9 Å². The average Bonchev–Trinajstić information content (AvgIpc) is 2.59. The second-order valence-electron chi connectivity index (χ2n) is 5.15. The minimum Gasteiger partial charge on any atom is -0.452 e. The van der Waals surface area contributed by atoms with Crippen LogP contribution in [-0.4, -0.2) is 28.9 Å². The largest absolute Gasteiger partial charge is 0.452 e. The van der Waals surface area contributed by atoms with E-state index in [1.165, 1.54) is 18.4 Å². The molecule has 1 amide bonds. The van der Waals surface area contributed by atoms with Gasteiger partial charge in [-0.3, -0.25) is 9.00 Å². The van der Waals surface area contributed by atoms with Gasteiger partial charge in [-0.2, -0.15) is 13.2 Å². The SMILES string of the molecule is C[S@](=O)c1ccccc1C(=O)OCC(=O)Nc1ccc(C(F)(F)F)cc1. The Hall–Kier alpha value is -2.68. The maximum absolute atomic E-state index is 12.5. The third-order valence-corrected chi connectivity index (χ3v) is 4.22. The number of alkyl halides is 3. The molecule has 138 valence electrons. The van der Waals surface area contributed by atoms with Gasteiger partial charge in [-0.15, -0.1) is 0 Å². The molecular formula is C17H14F3NO4S. The number of carbonyl (C=O) groups excluding carboxylic acids is 2. The van der Waals surface area contributed by atoms with Crippen LogP contribution in [-0.2, 0) is 26.5 Å². The van der Waals surface area contributed by atoms with Gasteiger partial charge in [-0.05, 0) is 36.4 Å². The summed E-state index contributed by atoms with van der Waals surface area (Å²) in [5.41, 5.74) is -0.629. The van der Waals surface area contributed by atoms with E-state index in [1.807, 2.05) is 0 Å². The molecule has 0 saturated heterocycles. The molecule has 2 aromatic carbocycles. The lowest BCUT2D eigenvalue weighted by Gasteiger charge is -2.10. The molecule has 2 aromatic rings. The number of amides is 1. The van der Waals surface area contributed by atoms with Crippen molar-refractivity contribution >= 4 is 28.4 Å². The van der Waals surface area contributed by atoms with E-state index in [9.17, 15) is 27.0 Å². The number of benzene rings is 2. The molecule has 5 nitrogen and oxygen atoms in total. The first-order valence-corrected chi connectivity index (χ1v) is 8.81. The van der Waals surface area contributed by atoms with Crippen LogP contribution in [0.2, 0.25) is 0 Å². The van der Waals surface area contributed by atoms with Crippen LogP contribution >= 0.6 is 0 Å². The summed E-state index contributed by atoms with van der Waals surface area (Å²) in [5, 5.41) is 2.32. The molecule has 0 aromatic heterocycles. The van der Waals surface area contributed by atoms with Gasteiger partial charge in [-0.25, -0.2) is 4.79 Å². The summed E-state index contributed by atoms with van der Waals surface area (Å²) >= 11 is 0. The van der Waals surface area contributed by atoms with Crippen LogP contribution in [0.15, 0.2) is 53.4 Å². The van der Waals surface area contributed by atoms with Crippen LogP contribution in [0, 0.1) is 0 Å². The summed E-state index contributed by atoms with van der Waals surface area (Å²) in [5.74, 6) is -1.54. The van der Waals surface area contributed by atoms with Gasteiger partial charge in [0, 0.05) is 11.9 Å². The summed E-state index contributed by atoms with van der Waals surface area (Å²) < 4.78 is 53.9. The first kappa shape index (κ1) is 19.6. The maximum atomic E-state index is 12.5. The predicted molar refractivity (Wildman–Crippen MR) is 89.1 cm³/mol. The van der Waals surface area contributed by atoms with Gasteiger partial charge in [0.1, 0.15) is 0 Å². The smallest absolute Gasteiger partial charge is 0.416 e. The van der Waals surface area contributed by atoms with Crippen molar-refractivity contribution in [1.29, 1.82) is 0 Å². The van der Waals surface area contributed by atoms with Gasteiger partial charge < -0.3 is 10.1 Å². The summed E-state index contributed by atoms with van der Waals surface area (Å²) in [6.07, 6.45) is -3.06. The fraction of sp³-hybridized carbons (Fsp3) is 0.176. The standard InChI is InChI=1S/C17H14F3NO4S/c1-26(24)14-5-3-2-4-13(14)16(23)25-10-15(22)21-12-8-6-11(7-9-12)17(18,19)20/h2-9H,10H2,1H3,(H,21,22)/t26-/m0/s1. The lowest BCUT2D eigenvalue weighted by molar-refractivity contribution is -0.137. The minimum absolute atomic E-state index is 0.0793. The topological polar surface area (TPSA) is 72.5 Å². The maximum Gasteiger partial charge on any atom is 0.416 e. The van der Waals surface area contributed by atoms with Crippen molar-refractivity contribution in [3.05, 3.63) is 59.7 Å². The van der Waals surface area contributed by atoms with Gasteiger partial charge >= 0.3 is 12.1 Å². The third-order valence-electron chi connectivity index (χ3n) is 3.25. The summed E-state index contributed by atoms with van der Waals surface area (Å²) in [6, 6.07) is 9.96. The van der Waals surface area contributed by atoms with E-state index in [1.54, 1.807) is 12.1 Å². The number of anilines is 1. The number of hydrogen-bond donors (Lipinski definition) is 1. The zero-order valence-electron chi connectivity index (χ0n) is 13.5. The molecule has 0 saturated carbocycles. The van der Waals surface area contributed by atoms with E-state index in [-0.39, 0.29) is 16.1 Å². The number of carbonyl (C=O) groups is 2. The molecule has 0 heterocycles. The molecule has 0 aliphatic heterocycles. The number of hydrogen-bond acceptors (Lipinski definition) is 4. The van der Waals surface area contributed by atoms with Gasteiger partial charge in [0.2, 0.25) is 0 Å². The van der Waals surface area contributed by atoms with Crippen molar-refractivity contribution in [1.82, 2.24) is 0 Å². The van der Waals surface area contributed by atoms with Crippen molar-refractivity contribution in [3.63, 3.8) is 0 Å². The van der Waals surface area contributed by atoms with E-state index in [0.29, 0.717) is 0 Å². The number of ether oxygens (including phenoxy) is 1. The first-order valence-electron chi connectivity index (χ1n) is 7.25. The fourth-order valence-corrected chi connectivity index (χ4v) is 2.77. The average molecular weight is 385 g/mol. The quantitative estimate of drug-likeness (QED) is 0.802. The van der Waals surface area contributed by atoms with Gasteiger partial charge in [0.05, 0.1) is 26.8 Å². The molecule has 0 spiro atoms. The molecule has 0 bridgehead atoms. The fourth-order valence-electron chi connectivity index (χ4n) is 2.03. The third kappa shape index (κ3) is 5.16. The highest BCUT2D eigenvalue weighted by atomic mass is 32.2. The lowest BCUT2D eigenvalue weighted by atomic mass is 10.2. The highest BCUT2D eigenvalue weighted by Gasteiger charge is 2.30. The Morgan fingerprint density at radius 3 is 2.27 bits per heavy atom. The monoisotopic (exact) mass is 385 g/mol. The zero-order valence-corrected chi connectivity index (χ0v) is 14.3. The van der Waals surface area contributed by atoms with Crippen LogP contribution in [0.25, 0.3) is 0 Å². The number of halogens is 3.